The molecule has 0 heterocycles. The minimum absolute atomic E-state index is 0. The maximum absolute atomic E-state index is 5.74. The molecule has 0 atom stereocenters. The number of hydrogen-bond acceptors (Lipinski definition) is 3. The van der Waals surface area contributed by atoms with Gasteiger partial charge in [-0.15, -0.1) is 24.0 Å². The fourth-order valence-corrected chi connectivity index (χ4v) is 2.86. The Balaban J connectivity index is 0.00000576. The Kier molecular flexibility index (Phi) is 14.0. The molecule has 1 N–H and O–H groups in total. The highest BCUT2D eigenvalue weighted by molar-refractivity contribution is 14.0. The summed E-state index contributed by atoms with van der Waals surface area (Å²) in [6.07, 6.45) is 3.80. The first-order valence-electron chi connectivity index (χ1n) is 9.78. The van der Waals surface area contributed by atoms with Crippen molar-refractivity contribution in [2.24, 2.45) is 10.9 Å². The summed E-state index contributed by atoms with van der Waals surface area (Å²) in [5.74, 6) is 1.83. The molecule has 0 saturated heterocycles. The zero-order valence-electron chi connectivity index (χ0n) is 17.3. The molecule has 6 heteroatoms. The van der Waals surface area contributed by atoms with E-state index in [1.54, 1.807) is 0 Å². The van der Waals surface area contributed by atoms with Gasteiger partial charge in [0.2, 0.25) is 0 Å². The summed E-state index contributed by atoms with van der Waals surface area (Å²) >= 11 is 0. The van der Waals surface area contributed by atoms with Crippen LogP contribution in [-0.4, -0.2) is 74.3 Å². The van der Waals surface area contributed by atoms with E-state index in [1.807, 2.05) is 0 Å². The van der Waals surface area contributed by atoms with Crippen LogP contribution in [0.15, 0.2) is 4.99 Å². The van der Waals surface area contributed by atoms with Gasteiger partial charge in [-0.25, -0.2) is 0 Å². The Hall–Kier alpha value is -0.0800. The molecule has 1 saturated carbocycles. The molecule has 5 nitrogen and oxygen atoms in total. The molecule has 0 amide bonds. The van der Waals surface area contributed by atoms with E-state index in [2.05, 4.69) is 56.8 Å². The van der Waals surface area contributed by atoms with Crippen molar-refractivity contribution in [2.45, 2.75) is 66.0 Å². The maximum Gasteiger partial charge on any atom is 0.193 e. The van der Waals surface area contributed by atoms with Crippen LogP contribution in [-0.2, 0) is 4.74 Å². The van der Waals surface area contributed by atoms with Gasteiger partial charge in [0.1, 0.15) is 0 Å². The Morgan fingerprint density at radius 3 is 2.32 bits per heavy atom. The van der Waals surface area contributed by atoms with Gasteiger partial charge in [-0.05, 0) is 59.8 Å². The lowest BCUT2D eigenvalue weighted by Crippen LogP contribution is -2.41. The van der Waals surface area contributed by atoms with Crippen LogP contribution in [0.5, 0.6) is 0 Å². The molecule has 1 fully saturated rings. The van der Waals surface area contributed by atoms with Crippen molar-refractivity contribution in [2.75, 3.05) is 46.4 Å². The van der Waals surface area contributed by atoms with Gasteiger partial charge < -0.3 is 15.0 Å². The van der Waals surface area contributed by atoms with Crippen molar-refractivity contribution in [3.05, 3.63) is 0 Å². The van der Waals surface area contributed by atoms with Crippen LogP contribution < -0.4 is 5.32 Å². The molecule has 0 bridgehead atoms. The van der Waals surface area contributed by atoms with Crippen LogP contribution in [0.2, 0.25) is 0 Å². The molecule has 1 aliphatic rings. The molecule has 0 radical (unpaired) electrons. The van der Waals surface area contributed by atoms with E-state index < -0.39 is 0 Å². The molecule has 150 valence electrons. The molecule has 0 spiro atoms. The average Bonchev–Trinajstić information content (AvgIpc) is 3.33. The fourth-order valence-electron chi connectivity index (χ4n) is 2.86. The van der Waals surface area contributed by atoms with Gasteiger partial charge >= 0.3 is 0 Å². The molecule has 0 aromatic heterocycles. The number of aliphatic imine (C=N–C) groups is 1. The van der Waals surface area contributed by atoms with Crippen molar-refractivity contribution >= 4 is 29.9 Å². The number of guanidine groups is 1. The van der Waals surface area contributed by atoms with Crippen molar-refractivity contribution in [1.82, 2.24) is 15.1 Å². The first-order chi connectivity index (χ1) is 11.5. The predicted molar refractivity (Wildman–Crippen MR) is 119 cm³/mol. The zero-order chi connectivity index (χ0) is 17.9. The SMILES string of the molecule is CCNC(=NCCCN(C(C)C)C(C)C)N(C)CCOCC1CC1.I. The molecule has 0 aliphatic heterocycles. The fraction of sp³-hybridized carbons (Fsp3) is 0.947. The lowest BCUT2D eigenvalue weighted by atomic mass is 10.2. The first-order valence-corrected chi connectivity index (χ1v) is 9.78. The van der Waals surface area contributed by atoms with Gasteiger partial charge in [0.25, 0.3) is 0 Å². The monoisotopic (exact) mass is 468 g/mol. The largest absolute Gasteiger partial charge is 0.379 e. The van der Waals surface area contributed by atoms with Crippen LogP contribution in [0.1, 0.15) is 53.9 Å². The molecule has 0 aromatic rings. The highest BCUT2D eigenvalue weighted by Crippen LogP contribution is 2.28. The van der Waals surface area contributed by atoms with Crippen LogP contribution in [0.25, 0.3) is 0 Å². The molecular weight excluding hydrogens is 427 g/mol. The second-order valence-corrected chi connectivity index (χ2v) is 7.45. The van der Waals surface area contributed by atoms with E-state index in [4.69, 9.17) is 9.73 Å². The normalized spacial score (nSPS) is 15.0. The van der Waals surface area contributed by atoms with E-state index in [9.17, 15) is 0 Å². The third-order valence-electron chi connectivity index (χ3n) is 4.48. The quantitative estimate of drug-likeness (QED) is 0.206. The van der Waals surface area contributed by atoms with Crippen LogP contribution in [0, 0.1) is 5.92 Å². The highest BCUT2D eigenvalue weighted by Gasteiger charge is 2.21. The first kappa shape index (κ1) is 24.9. The molecule has 1 aliphatic carbocycles. The highest BCUT2D eigenvalue weighted by atomic mass is 127. The van der Waals surface area contributed by atoms with E-state index in [-0.39, 0.29) is 24.0 Å². The molecule has 0 unspecified atom stereocenters. The Labute approximate surface area is 173 Å². The second kappa shape index (κ2) is 14.0. The standard InChI is InChI=1S/C19H40N4O.HI/c1-7-20-19(22(6)13-14-24-15-18-9-10-18)21-11-8-12-23(16(2)3)17(4)5;/h16-18H,7-15H2,1-6H3,(H,20,21);1H. The third-order valence-corrected chi connectivity index (χ3v) is 4.48. The molecule has 0 aromatic carbocycles. The minimum atomic E-state index is 0. The number of likely N-dealkylation sites (N-methyl/N-ethyl adjacent to an activating group) is 1. The van der Waals surface area contributed by atoms with E-state index in [1.165, 1.54) is 12.8 Å². The second-order valence-electron chi connectivity index (χ2n) is 7.45. The lowest BCUT2D eigenvalue weighted by molar-refractivity contribution is 0.115. The molecule has 1 rings (SSSR count). The number of rotatable bonds is 12. The minimum Gasteiger partial charge on any atom is -0.379 e. The topological polar surface area (TPSA) is 40.1 Å². The van der Waals surface area contributed by atoms with Gasteiger partial charge in [0.05, 0.1) is 6.61 Å². The average molecular weight is 468 g/mol. The van der Waals surface area contributed by atoms with Crippen molar-refractivity contribution in [1.29, 1.82) is 0 Å². The summed E-state index contributed by atoms with van der Waals surface area (Å²) in [6.45, 7) is 16.7. The lowest BCUT2D eigenvalue weighted by Gasteiger charge is -2.30. The van der Waals surface area contributed by atoms with E-state index in [0.717, 1.165) is 57.7 Å². The molecule has 25 heavy (non-hydrogen) atoms. The number of hydrogen-bond donors (Lipinski definition) is 1. The smallest absolute Gasteiger partial charge is 0.193 e. The van der Waals surface area contributed by atoms with Gasteiger partial charge in [-0.3, -0.25) is 9.89 Å². The van der Waals surface area contributed by atoms with Crippen LogP contribution in [0.3, 0.4) is 0 Å². The molecular formula is C19H41IN4O. The summed E-state index contributed by atoms with van der Waals surface area (Å²) < 4.78 is 5.74. The van der Waals surface area contributed by atoms with Gasteiger partial charge in [0, 0.05) is 51.9 Å². The van der Waals surface area contributed by atoms with Gasteiger partial charge in [-0.2, -0.15) is 0 Å². The van der Waals surface area contributed by atoms with Gasteiger partial charge in [-0.1, -0.05) is 0 Å². The predicted octanol–water partition coefficient (Wildman–Crippen LogP) is 3.44. The maximum atomic E-state index is 5.74. The summed E-state index contributed by atoms with van der Waals surface area (Å²) in [4.78, 5) is 9.48. The van der Waals surface area contributed by atoms with Crippen molar-refractivity contribution in [3.8, 4) is 0 Å². The zero-order valence-corrected chi connectivity index (χ0v) is 19.6. The Morgan fingerprint density at radius 2 is 1.80 bits per heavy atom. The number of nitrogens with zero attached hydrogens (tertiary/aromatic N) is 3. The van der Waals surface area contributed by atoms with Crippen LogP contribution >= 0.6 is 24.0 Å². The third kappa shape index (κ3) is 11.3. The van der Waals surface area contributed by atoms with E-state index >= 15 is 0 Å². The Bertz CT molecular complexity index is 351. The summed E-state index contributed by atoms with van der Waals surface area (Å²) in [7, 11) is 2.09. The van der Waals surface area contributed by atoms with E-state index in [0.29, 0.717) is 12.1 Å². The van der Waals surface area contributed by atoms with Gasteiger partial charge in [0.15, 0.2) is 5.96 Å². The summed E-state index contributed by atoms with van der Waals surface area (Å²) in [5, 5.41) is 3.38. The number of nitrogens with one attached hydrogen (secondary N) is 1. The van der Waals surface area contributed by atoms with Crippen molar-refractivity contribution < 1.29 is 4.74 Å². The van der Waals surface area contributed by atoms with Crippen molar-refractivity contribution in [3.63, 3.8) is 0 Å². The van der Waals surface area contributed by atoms with Crippen LogP contribution in [0.4, 0.5) is 0 Å². The number of halogens is 1. The number of ether oxygens (including phenoxy) is 1. The Morgan fingerprint density at radius 1 is 1.16 bits per heavy atom. The summed E-state index contributed by atoms with van der Waals surface area (Å²) in [6, 6.07) is 1.18. The summed E-state index contributed by atoms with van der Waals surface area (Å²) in [5.41, 5.74) is 0.